The summed E-state index contributed by atoms with van der Waals surface area (Å²) in [4.78, 5) is 45.0. The van der Waals surface area contributed by atoms with Crippen molar-refractivity contribution in [3.05, 3.63) is 54.1 Å². The lowest BCUT2D eigenvalue weighted by molar-refractivity contribution is -0.156. The molecule has 2 amide bonds. The maximum absolute atomic E-state index is 14.5. The van der Waals surface area contributed by atoms with Crippen LogP contribution in [0.4, 0.5) is 5.69 Å². The number of esters is 1. The maximum atomic E-state index is 14.5. The highest BCUT2D eigenvalue weighted by molar-refractivity contribution is 6.34. The van der Waals surface area contributed by atoms with Gasteiger partial charge in [0.25, 0.3) is 5.91 Å². The molecule has 2 bridgehead atoms. The third-order valence-corrected chi connectivity index (χ3v) is 8.71. The lowest BCUT2D eigenvalue weighted by Gasteiger charge is -2.39. The molecule has 0 aliphatic carbocycles. The van der Waals surface area contributed by atoms with Crippen LogP contribution in [0.1, 0.15) is 51.0 Å². The second kappa shape index (κ2) is 12.2. The van der Waals surface area contributed by atoms with Gasteiger partial charge in [0.15, 0.2) is 0 Å². The van der Waals surface area contributed by atoms with Crippen molar-refractivity contribution in [3.8, 4) is 0 Å². The maximum Gasteiger partial charge on any atom is 0.312 e. The van der Waals surface area contributed by atoms with E-state index in [9.17, 15) is 19.5 Å². The molecule has 0 aromatic heterocycles. The van der Waals surface area contributed by atoms with Crippen molar-refractivity contribution in [2.45, 2.75) is 76.2 Å². The van der Waals surface area contributed by atoms with Crippen LogP contribution in [0, 0.1) is 18.8 Å². The lowest BCUT2D eigenvalue weighted by Crippen LogP contribution is -2.59. The van der Waals surface area contributed by atoms with Crippen LogP contribution in [0.5, 0.6) is 0 Å². The van der Waals surface area contributed by atoms with Crippen molar-refractivity contribution in [2.75, 3.05) is 24.7 Å². The Bertz CT molecular complexity index is 1100. The number of allylic oxidation sites excluding steroid dienone is 1. The molecule has 2 unspecified atom stereocenters. The topological polar surface area (TPSA) is 96.4 Å². The Labute approximate surface area is 235 Å². The average Bonchev–Trinajstić information content (AvgIpc) is 3.56. The number of carbonyl (C=O) groups is 3. The molecule has 9 heteroatoms. The van der Waals surface area contributed by atoms with E-state index >= 15 is 0 Å². The van der Waals surface area contributed by atoms with E-state index in [1.165, 1.54) is 4.90 Å². The fourth-order valence-corrected chi connectivity index (χ4v) is 6.96. The van der Waals surface area contributed by atoms with Crippen LogP contribution < -0.4 is 4.90 Å². The molecule has 3 saturated heterocycles. The molecule has 212 valence electrons. The molecule has 8 nitrogen and oxygen atoms in total. The number of aliphatic hydroxyl groups is 1. The van der Waals surface area contributed by atoms with Crippen LogP contribution in [-0.2, 0) is 23.9 Å². The minimum atomic E-state index is -1.19. The predicted molar refractivity (Wildman–Crippen MR) is 149 cm³/mol. The smallest absolute Gasteiger partial charge is 0.312 e. The van der Waals surface area contributed by atoms with Gasteiger partial charge in [-0.05, 0) is 57.1 Å². The van der Waals surface area contributed by atoms with Crippen LogP contribution in [0.25, 0.3) is 0 Å². The van der Waals surface area contributed by atoms with Gasteiger partial charge >= 0.3 is 5.97 Å². The number of benzene rings is 1. The first kappa shape index (κ1) is 29.3. The first-order chi connectivity index (χ1) is 18.8. The van der Waals surface area contributed by atoms with E-state index < -0.39 is 41.6 Å². The number of aliphatic hydroxyl groups excluding tert-OH is 1. The number of likely N-dealkylation sites (tertiary alicyclic amines) is 1. The van der Waals surface area contributed by atoms with Crippen molar-refractivity contribution < 1.29 is 29.0 Å². The number of para-hydroxylation sites is 1. The fraction of sp³-hybridized carbons (Fsp3) is 0.567. The van der Waals surface area contributed by atoms with Gasteiger partial charge < -0.3 is 24.4 Å². The number of aryl methyl sites for hydroxylation is 1. The Kier molecular flexibility index (Phi) is 9.19. The van der Waals surface area contributed by atoms with Crippen LogP contribution in [0.3, 0.4) is 0 Å². The van der Waals surface area contributed by atoms with Gasteiger partial charge in [0.2, 0.25) is 5.91 Å². The number of ether oxygens (including phenoxy) is 2. The highest BCUT2D eigenvalue weighted by Crippen LogP contribution is 2.59. The first-order valence-electron chi connectivity index (χ1n) is 13.8. The summed E-state index contributed by atoms with van der Waals surface area (Å²) in [7, 11) is 0. The molecule has 0 radical (unpaired) electrons. The number of rotatable bonds is 13. The fourth-order valence-electron chi connectivity index (χ4n) is 6.64. The third-order valence-electron chi connectivity index (χ3n) is 8.40. The number of unbranched alkanes of at least 4 members (excludes halogenated alkanes) is 2. The summed E-state index contributed by atoms with van der Waals surface area (Å²) in [5.41, 5.74) is 0.144. The van der Waals surface area contributed by atoms with E-state index in [4.69, 9.17) is 21.1 Å². The largest absolute Gasteiger partial charge is 0.465 e. The number of hydrogen-bond donors (Lipinski definition) is 1. The molecule has 6 atom stereocenters. The van der Waals surface area contributed by atoms with Crippen LogP contribution in [0.15, 0.2) is 43.5 Å². The molecular weight excluding hydrogens is 520 g/mol. The second-order valence-corrected chi connectivity index (χ2v) is 11.0. The molecule has 3 aliphatic heterocycles. The summed E-state index contributed by atoms with van der Waals surface area (Å²) in [6.45, 7) is 11.4. The van der Waals surface area contributed by atoms with E-state index in [-0.39, 0.29) is 31.6 Å². The predicted octanol–water partition coefficient (Wildman–Crippen LogP) is 4.21. The number of anilines is 1. The van der Waals surface area contributed by atoms with Gasteiger partial charge in [0.1, 0.15) is 11.6 Å². The molecule has 0 saturated carbocycles. The summed E-state index contributed by atoms with van der Waals surface area (Å²) in [5.74, 6) is -2.83. The molecule has 1 spiro atoms. The Balaban J connectivity index is 1.73. The number of nitrogens with zero attached hydrogens (tertiary/aromatic N) is 2. The van der Waals surface area contributed by atoms with E-state index in [0.717, 1.165) is 18.4 Å². The van der Waals surface area contributed by atoms with Gasteiger partial charge in [-0.3, -0.25) is 14.4 Å². The first-order valence-corrected chi connectivity index (χ1v) is 14.2. The molecule has 1 aromatic rings. The van der Waals surface area contributed by atoms with Gasteiger partial charge in [-0.15, -0.1) is 13.2 Å². The van der Waals surface area contributed by atoms with Crippen molar-refractivity contribution in [1.29, 1.82) is 0 Å². The quantitative estimate of drug-likeness (QED) is 0.221. The minimum Gasteiger partial charge on any atom is -0.465 e. The van der Waals surface area contributed by atoms with E-state index in [1.54, 1.807) is 17.0 Å². The van der Waals surface area contributed by atoms with Crippen LogP contribution in [0.2, 0.25) is 5.02 Å². The van der Waals surface area contributed by atoms with Gasteiger partial charge in [-0.2, -0.15) is 0 Å². The molecular formula is C30H39ClN2O6. The van der Waals surface area contributed by atoms with E-state index in [2.05, 4.69) is 13.2 Å². The normalized spacial score (nSPS) is 27.8. The molecule has 4 rings (SSSR count). The van der Waals surface area contributed by atoms with Gasteiger partial charge in [-0.25, -0.2) is 0 Å². The van der Waals surface area contributed by atoms with Crippen molar-refractivity contribution in [2.24, 2.45) is 11.8 Å². The highest BCUT2D eigenvalue weighted by Gasteiger charge is 2.75. The Hall–Kier alpha value is -2.68. The summed E-state index contributed by atoms with van der Waals surface area (Å²) in [6.07, 6.45) is 6.75. The monoisotopic (exact) mass is 558 g/mol. The average molecular weight is 559 g/mol. The number of carbonyl (C=O) groups excluding carboxylic acids is 3. The SMILES string of the molecule is C=CCCCCOC(=O)[C@@H]1[C@@H]2CCC3(O2)C(C(=O)N(CC=C)c2c(C)cccc2Cl)N([C@@H](CC)CO)C(=O)[C@H]13. The summed E-state index contributed by atoms with van der Waals surface area (Å²) in [5, 5.41) is 10.6. The molecule has 3 fully saturated rings. The standard InChI is InChI=1S/C30H39ClN2O6/c1-5-8-9-10-17-38-29(37)23-22-14-15-30(39-22)24(23)27(35)33(20(7-3)18-34)26(30)28(36)32(16-6-2)25-19(4)12-11-13-21(25)31/h5-6,11-13,20,22-24,26,34H,1-2,7-10,14-18H2,3-4H3/t20-,22-,23+,24-,26?,30?/m0/s1. The second-order valence-electron chi connectivity index (χ2n) is 10.6. The summed E-state index contributed by atoms with van der Waals surface area (Å²) < 4.78 is 12.1. The molecule has 3 heterocycles. The Morgan fingerprint density at radius 1 is 1.33 bits per heavy atom. The third kappa shape index (κ3) is 5.03. The highest BCUT2D eigenvalue weighted by atomic mass is 35.5. The molecule has 1 aromatic carbocycles. The zero-order valence-electron chi connectivity index (χ0n) is 22.8. The lowest BCUT2D eigenvalue weighted by atomic mass is 9.70. The number of halogens is 1. The van der Waals surface area contributed by atoms with Crippen LogP contribution in [-0.4, -0.2) is 71.3 Å². The van der Waals surface area contributed by atoms with Gasteiger partial charge in [0.05, 0.1) is 47.9 Å². The van der Waals surface area contributed by atoms with E-state index in [0.29, 0.717) is 36.4 Å². The summed E-state index contributed by atoms with van der Waals surface area (Å²) in [6, 6.07) is 3.75. The number of hydrogen-bond acceptors (Lipinski definition) is 6. The molecule has 3 aliphatic rings. The Morgan fingerprint density at radius 3 is 2.74 bits per heavy atom. The van der Waals surface area contributed by atoms with Crippen molar-refractivity contribution in [1.82, 2.24) is 4.90 Å². The number of amides is 2. The van der Waals surface area contributed by atoms with E-state index in [1.807, 2.05) is 32.1 Å². The van der Waals surface area contributed by atoms with Crippen molar-refractivity contribution in [3.63, 3.8) is 0 Å². The Morgan fingerprint density at radius 2 is 2.10 bits per heavy atom. The number of fused-ring (bicyclic) bond motifs is 1. The zero-order chi connectivity index (χ0) is 28.3. The molecule has 1 N–H and O–H groups in total. The van der Waals surface area contributed by atoms with Gasteiger partial charge in [0, 0.05) is 6.54 Å². The van der Waals surface area contributed by atoms with Gasteiger partial charge in [-0.1, -0.05) is 42.8 Å². The molecule has 39 heavy (non-hydrogen) atoms. The zero-order valence-corrected chi connectivity index (χ0v) is 23.6. The summed E-state index contributed by atoms with van der Waals surface area (Å²) >= 11 is 6.58. The minimum absolute atomic E-state index is 0.165. The van der Waals surface area contributed by atoms with Crippen LogP contribution >= 0.6 is 11.6 Å². The van der Waals surface area contributed by atoms with Crippen molar-refractivity contribution >= 4 is 35.1 Å².